The molecule has 3 heteroatoms. The van der Waals surface area contributed by atoms with Crippen molar-refractivity contribution in [2.45, 2.75) is 39.7 Å². The quantitative estimate of drug-likeness (QED) is 0.805. The van der Waals surface area contributed by atoms with Gasteiger partial charge >= 0.3 is 0 Å². The highest BCUT2D eigenvalue weighted by Gasteiger charge is 2.14. The van der Waals surface area contributed by atoms with Gasteiger partial charge in [-0.15, -0.1) is 0 Å². The predicted molar refractivity (Wildman–Crippen MR) is 61.4 cm³/mol. The minimum absolute atomic E-state index is 0.254. The van der Waals surface area contributed by atoms with Crippen LogP contribution < -0.4 is 5.32 Å². The maximum Gasteiger partial charge on any atom is 0.165 e. The van der Waals surface area contributed by atoms with Crippen molar-refractivity contribution in [3.8, 4) is 0 Å². The lowest BCUT2D eigenvalue weighted by Crippen LogP contribution is -2.26. The molecule has 0 bridgehead atoms. The highest BCUT2D eigenvalue weighted by molar-refractivity contribution is 5.36. The maximum absolute atomic E-state index is 13.3. The highest BCUT2D eigenvalue weighted by atomic mass is 19.1. The second kappa shape index (κ2) is 5.69. The predicted octanol–water partition coefficient (Wildman–Crippen LogP) is 3.46. The molecule has 1 heterocycles. The number of halogens is 1. The number of aromatic nitrogens is 1. The Morgan fingerprint density at radius 3 is 2.60 bits per heavy atom. The molecule has 0 radical (unpaired) electrons. The summed E-state index contributed by atoms with van der Waals surface area (Å²) >= 11 is 0. The Labute approximate surface area is 90.9 Å². The molecule has 0 amide bonds. The first-order valence-electron chi connectivity index (χ1n) is 5.56. The largest absolute Gasteiger partial charge is 0.365 e. The summed E-state index contributed by atoms with van der Waals surface area (Å²) in [5, 5.41) is 3.13. The summed E-state index contributed by atoms with van der Waals surface area (Å²) in [7, 11) is 0. The van der Waals surface area contributed by atoms with Crippen molar-refractivity contribution < 1.29 is 4.39 Å². The Hall–Kier alpha value is -1.12. The van der Waals surface area contributed by atoms with E-state index in [0.29, 0.717) is 11.7 Å². The van der Waals surface area contributed by atoms with Crippen molar-refractivity contribution in [1.82, 2.24) is 4.98 Å². The normalized spacial score (nSPS) is 12.9. The van der Waals surface area contributed by atoms with E-state index in [4.69, 9.17) is 0 Å². The zero-order valence-electron chi connectivity index (χ0n) is 9.63. The summed E-state index contributed by atoms with van der Waals surface area (Å²) in [6, 6.07) is 3.28. The van der Waals surface area contributed by atoms with Gasteiger partial charge in [0.05, 0.1) is 0 Å². The summed E-state index contributed by atoms with van der Waals surface area (Å²) in [6.07, 6.45) is 3.79. The van der Waals surface area contributed by atoms with E-state index in [9.17, 15) is 4.39 Å². The van der Waals surface area contributed by atoms with Crippen molar-refractivity contribution in [1.29, 1.82) is 0 Å². The molecule has 1 aromatic heterocycles. The molecule has 1 atom stereocenters. The van der Waals surface area contributed by atoms with Gasteiger partial charge in [0.15, 0.2) is 11.6 Å². The molecule has 0 fully saturated rings. The molecule has 0 saturated carbocycles. The Morgan fingerprint density at radius 2 is 2.07 bits per heavy atom. The van der Waals surface area contributed by atoms with Crippen molar-refractivity contribution >= 4 is 5.82 Å². The highest BCUT2D eigenvalue weighted by Crippen LogP contribution is 2.18. The molecule has 15 heavy (non-hydrogen) atoms. The number of hydrogen-bond donors (Lipinski definition) is 1. The van der Waals surface area contributed by atoms with Crippen molar-refractivity contribution in [3.63, 3.8) is 0 Å². The van der Waals surface area contributed by atoms with Crippen LogP contribution in [0.4, 0.5) is 10.2 Å². The van der Waals surface area contributed by atoms with Gasteiger partial charge in [-0.05, 0) is 25.0 Å². The third-order valence-electron chi connectivity index (χ3n) is 2.88. The van der Waals surface area contributed by atoms with Crippen LogP contribution in [0.3, 0.4) is 0 Å². The van der Waals surface area contributed by atoms with E-state index < -0.39 is 0 Å². The van der Waals surface area contributed by atoms with Crippen LogP contribution in [0.15, 0.2) is 18.3 Å². The molecule has 0 spiro atoms. The molecular formula is C12H19FN2. The number of hydrogen-bond acceptors (Lipinski definition) is 2. The smallest absolute Gasteiger partial charge is 0.165 e. The first kappa shape index (κ1) is 12.0. The minimum Gasteiger partial charge on any atom is -0.365 e. The van der Waals surface area contributed by atoms with Gasteiger partial charge in [-0.25, -0.2) is 9.37 Å². The molecule has 84 valence electrons. The van der Waals surface area contributed by atoms with Crippen molar-refractivity contribution in [2.24, 2.45) is 5.92 Å². The monoisotopic (exact) mass is 210 g/mol. The molecule has 1 aromatic rings. The fraction of sp³-hybridized carbons (Fsp3) is 0.583. The molecule has 1 rings (SSSR count). The molecule has 2 nitrogen and oxygen atoms in total. The zero-order chi connectivity index (χ0) is 11.3. The van der Waals surface area contributed by atoms with Crippen LogP contribution in [0, 0.1) is 11.7 Å². The van der Waals surface area contributed by atoms with Gasteiger partial charge in [-0.3, -0.25) is 0 Å². The van der Waals surface area contributed by atoms with Crippen LogP contribution in [0.1, 0.15) is 33.6 Å². The number of anilines is 1. The van der Waals surface area contributed by atoms with E-state index >= 15 is 0 Å². The van der Waals surface area contributed by atoms with E-state index in [0.717, 1.165) is 12.8 Å². The topological polar surface area (TPSA) is 24.9 Å². The number of pyridine rings is 1. The number of nitrogens with zero attached hydrogens (tertiary/aromatic N) is 1. The lowest BCUT2D eigenvalue weighted by molar-refractivity contribution is 0.435. The number of rotatable bonds is 5. The molecule has 1 unspecified atom stereocenters. The first-order chi connectivity index (χ1) is 7.19. The minimum atomic E-state index is -0.282. The fourth-order valence-corrected chi connectivity index (χ4v) is 1.82. The Balaban J connectivity index is 2.65. The van der Waals surface area contributed by atoms with Gasteiger partial charge in [0.2, 0.25) is 0 Å². The molecule has 0 aliphatic rings. The molecule has 0 aliphatic carbocycles. The van der Waals surface area contributed by atoms with E-state index in [1.54, 1.807) is 12.3 Å². The summed E-state index contributed by atoms with van der Waals surface area (Å²) in [5.41, 5.74) is 0. The van der Waals surface area contributed by atoms with E-state index in [1.165, 1.54) is 6.07 Å². The van der Waals surface area contributed by atoms with Gasteiger partial charge in [0.1, 0.15) is 0 Å². The zero-order valence-corrected chi connectivity index (χ0v) is 9.63. The van der Waals surface area contributed by atoms with E-state index in [2.05, 4.69) is 31.1 Å². The molecule has 0 saturated heterocycles. The maximum atomic E-state index is 13.3. The van der Waals surface area contributed by atoms with Crippen molar-refractivity contribution in [3.05, 3.63) is 24.1 Å². The first-order valence-corrected chi connectivity index (χ1v) is 5.56. The third kappa shape index (κ3) is 3.18. The second-order valence-corrected chi connectivity index (χ2v) is 3.84. The van der Waals surface area contributed by atoms with E-state index in [1.807, 2.05) is 0 Å². The Bertz CT molecular complexity index is 297. The molecule has 1 N–H and O–H groups in total. The van der Waals surface area contributed by atoms with Crippen LogP contribution in [0.25, 0.3) is 0 Å². The van der Waals surface area contributed by atoms with Crippen LogP contribution in [-0.4, -0.2) is 11.0 Å². The SMILES string of the molecule is CCC(CC)C(C)Nc1ncccc1F. The average Bonchev–Trinajstić information content (AvgIpc) is 2.23. The van der Waals surface area contributed by atoms with Gasteiger partial charge in [0, 0.05) is 12.2 Å². The fourth-order valence-electron chi connectivity index (χ4n) is 1.82. The van der Waals surface area contributed by atoms with Crippen molar-refractivity contribution in [2.75, 3.05) is 5.32 Å². The average molecular weight is 210 g/mol. The summed E-state index contributed by atoms with van der Waals surface area (Å²) in [5.74, 6) is 0.638. The van der Waals surface area contributed by atoms with Gasteiger partial charge < -0.3 is 5.32 Å². The summed E-state index contributed by atoms with van der Waals surface area (Å²) < 4.78 is 13.3. The standard InChI is InChI=1S/C12H19FN2/c1-4-10(5-2)9(3)15-12-11(13)7-6-8-14-12/h6-10H,4-5H2,1-3H3,(H,14,15). The Kier molecular flexibility index (Phi) is 4.53. The van der Waals surface area contributed by atoms with Crippen LogP contribution >= 0.6 is 0 Å². The second-order valence-electron chi connectivity index (χ2n) is 3.84. The third-order valence-corrected chi connectivity index (χ3v) is 2.88. The summed E-state index contributed by atoms with van der Waals surface area (Å²) in [4.78, 5) is 3.98. The molecule has 0 aromatic carbocycles. The molecular weight excluding hydrogens is 191 g/mol. The lowest BCUT2D eigenvalue weighted by Gasteiger charge is -2.23. The van der Waals surface area contributed by atoms with Gasteiger partial charge in [0.25, 0.3) is 0 Å². The Morgan fingerprint density at radius 1 is 1.40 bits per heavy atom. The van der Waals surface area contributed by atoms with Crippen LogP contribution in [-0.2, 0) is 0 Å². The lowest BCUT2D eigenvalue weighted by atomic mass is 9.95. The summed E-state index contributed by atoms with van der Waals surface area (Å²) in [6.45, 7) is 6.38. The number of nitrogens with one attached hydrogen (secondary N) is 1. The van der Waals surface area contributed by atoms with Gasteiger partial charge in [-0.2, -0.15) is 0 Å². The molecule has 0 aliphatic heterocycles. The van der Waals surface area contributed by atoms with Gasteiger partial charge in [-0.1, -0.05) is 26.7 Å². The van der Waals surface area contributed by atoms with E-state index in [-0.39, 0.29) is 11.9 Å². The van der Waals surface area contributed by atoms with Crippen LogP contribution in [0.2, 0.25) is 0 Å². The van der Waals surface area contributed by atoms with Crippen LogP contribution in [0.5, 0.6) is 0 Å².